The van der Waals surface area contributed by atoms with E-state index < -0.39 is 14.4 Å². The minimum absolute atomic E-state index is 0.508. The number of aryl methyl sites for hydroxylation is 1. The molecule has 0 aliphatic carbocycles. The Morgan fingerprint density at radius 3 is 2.32 bits per heavy atom. The summed E-state index contributed by atoms with van der Waals surface area (Å²) in [4.78, 5) is 4.69. The molecule has 3 rings (SSSR count). The lowest BCUT2D eigenvalue weighted by molar-refractivity contribution is 1.02. The summed E-state index contributed by atoms with van der Waals surface area (Å²) in [7, 11) is 0. The van der Waals surface area contributed by atoms with Gasteiger partial charge in [-0.1, -0.05) is 86.7 Å². The summed E-state index contributed by atoms with van der Waals surface area (Å²) in [5, 5.41) is 1.20. The second kappa shape index (κ2) is 10.3. The molecule has 0 aliphatic rings. The highest BCUT2D eigenvalue weighted by Crippen LogP contribution is 2.26. The third-order valence-corrected chi connectivity index (χ3v) is 8.51. The Hall–Kier alpha value is -2.34. The maximum Gasteiger partial charge on any atom is 0.418 e. The summed E-state index contributed by atoms with van der Waals surface area (Å²) in [6.07, 6.45) is 3.07. The fourth-order valence-electron chi connectivity index (χ4n) is 3.67. The van der Waals surface area contributed by atoms with E-state index >= 15 is 0 Å². The molecule has 0 aliphatic heterocycles. The number of hydrogen-bond donors (Lipinski definition) is 1. The Morgan fingerprint density at radius 1 is 0.893 bits per heavy atom. The van der Waals surface area contributed by atoms with Gasteiger partial charge in [0, 0.05) is 11.9 Å². The molecule has 28 heavy (non-hydrogen) atoms. The van der Waals surface area contributed by atoms with Gasteiger partial charge in [0.1, 0.15) is 0 Å². The standard InChI is InChI=1S/C15H14N.C8H10N.C2H5.Al/c1-2-13-8-6-7-9-14(13)12-16-15-10-4-3-5-11-15;1-2-7-5-3-4-6-8(7)9;1-2;/h2-12H,1H3;3-6,9H,2H2,1H3;1H2,2H3;/q;-1;;+1. The van der Waals surface area contributed by atoms with Gasteiger partial charge in [0.2, 0.25) is 0 Å². The molecule has 3 heteroatoms. The summed E-state index contributed by atoms with van der Waals surface area (Å²) in [5.74, 6) is 0. The lowest BCUT2D eigenvalue weighted by atomic mass is 10.1. The molecule has 0 saturated carbocycles. The molecule has 0 saturated heterocycles. The number of aliphatic imine (C=N–C) groups is 1. The zero-order chi connectivity index (χ0) is 19.8. The molecule has 1 unspecified atom stereocenters. The van der Waals surface area contributed by atoms with Crippen LogP contribution in [0.2, 0.25) is 5.28 Å². The molecular formula is C25H29AlN2. The van der Waals surface area contributed by atoms with Crippen LogP contribution in [0.3, 0.4) is 0 Å². The molecule has 142 valence electrons. The number of benzene rings is 3. The first kappa shape index (κ1) is 20.4. The number of nitrogens with zero attached hydrogens (tertiary/aromatic N) is 1. The van der Waals surface area contributed by atoms with Crippen LogP contribution >= 0.6 is 0 Å². The molecule has 1 atom stereocenters. The summed E-state index contributed by atoms with van der Waals surface area (Å²) in [6.45, 7) is 6.91. The van der Waals surface area contributed by atoms with Gasteiger partial charge in [0.15, 0.2) is 0 Å². The molecule has 0 fully saturated rings. The molecule has 3 aromatic rings. The predicted octanol–water partition coefficient (Wildman–Crippen LogP) is 6.77. The maximum absolute atomic E-state index is 4.69. The van der Waals surface area contributed by atoms with Crippen LogP contribution in [0.4, 0.5) is 11.4 Å². The molecule has 0 bridgehead atoms. The van der Waals surface area contributed by atoms with Gasteiger partial charge in [-0.05, 0) is 46.1 Å². The molecule has 3 aromatic carbocycles. The van der Waals surface area contributed by atoms with Gasteiger partial charge in [-0.15, -0.1) is 0 Å². The largest absolute Gasteiger partial charge is 0.476 e. The summed E-state index contributed by atoms with van der Waals surface area (Å²) in [5.41, 5.74) is 6.31. The van der Waals surface area contributed by atoms with Crippen LogP contribution < -0.4 is 4.30 Å². The van der Waals surface area contributed by atoms with Crippen LogP contribution in [0.1, 0.15) is 42.2 Å². The first-order valence-corrected chi connectivity index (χ1v) is 12.3. The number of para-hydroxylation sites is 2. The van der Waals surface area contributed by atoms with E-state index in [-0.39, 0.29) is 0 Å². The molecular weight excluding hydrogens is 355 g/mol. The van der Waals surface area contributed by atoms with Crippen molar-refractivity contribution in [2.24, 2.45) is 4.99 Å². The SMILES string of the molecule is CCc1ccccc1[NH][Al]([CH2]C)[CH](C)c1ccccc1C=Nc1ccccc1. The lowest BCUT2D eigenvalue weighted by Gasteiger charge is -2.23. The van der Waals surface area contributed by atoms with Crippen molar-refractivity contribution in [1.29, 1.82) is 0 Å². The Morgan fingerprint density at radius 2 is 1.57 bits per heavy atom. The van der Waals surface area contributed by atoms with Crippen LogP contribution in [-0.2, 0) is 6.42 Å². The molecule has 0 spiro atoms. The molecule has 0 heterocycles. The molecule has 0 aromatic heterocycles. The van der Waals surface area contributed by atoms with Gasteiger partial charge in [-0.2, -0.15) is 0 Å². The third-order valence-electron chi connectivity index (χ3n) is 5.38. The average molecular weight is 385 g/mol. The van der Waals surface area contributed by atoms with Gasteiger partial charge in [0.05, 0.1) is 5.69 Å². The fourth-order valence-corrected chi connectivity index (χ4v) is 6.25. The number of nitrogens with one attached hydrogen (secondary N) is 1. The normalized spacial score (nSPS) is 12.1. The van der Waals surface area contributed by atoms with Gasteiger partial charge in [-0.25, -0.2) is 0 Å². The van der Waals surface area contributed by atoms with E-state index in [9.17, 15) is 0 Å². The smallest absolute Gasteiger partial charge is 0.418 e. The highest BCUT2D eigenvalue weighted by molar-refractivity contribution is 6.64. The first-order chi connectivity index (χ1) is 13.7. The summed E-state index contributed by atoms with van der Waals surface area (Å²) in [6, 6.07) is 27.6. The van der Waals surface area contributed by atoms with Crippen LogP contribution in [-0.4, -0.2) is 20.6 Å². The van der Waals surface area contributed by atoms with E-state index in [1.54, 1.807) is 0 Å². The van der Waals surface area contributed by atoms with Gasteiger partial charge >= 0.3 is 14.4 Å². The van der Waals surface area contributed by atoms with E-state index in [1.165, 1.54) is 27.7 Å². The van der Waals surface area contributed by atoms with Crippen LogP contribution in [0.25, 0.3) is 0 Å². The zero-order valence-electron chi connectivity index (χ0n) is 17.1. The molecule has 0 radical (unpaired) electrons. The number of hydrogen-bond acceptors (Lipinski definition) is 2. The van der Waals surface area contributed by atoms with Gasteiger partial charge < -0.3 is 4.30 Å². The van der Waals surface area contributed by atoms with Crippen LogP contribution in [0.15, 0.2) is 83.9 Å². The highest BCUT2D eigenvalue weighted by Gasteiger charge is 2.27. The third kappa shape index (κ3) is 5.13. The van der Waals surface area contributed by atoms with Gasteiger partial charge in [0.25, 0.3) is 0 Å². The Labute approximate surface area is 174 Å². The second-order valence-corrected chi connectivity index (χ2v) is 10.5. The second-order valence-electron chi connectivity index (χ2n) is 7.18. The minimum Gasteiger partial charge on any atom is -0.476 e. The van der Waals surface area contributed by atoms with Crippen molar-refractivity contribution in [3.05, 3.63) is 95.6 Å². The quantitative estimate of drug-likeness (QED) is 0.336. The van der Waals surface area contributed by atoms with Gasteiger partial charge in [-0.3, -0.25) is 4.99 Å². The maximum atomic E-state index is 4.69. The first-order valence-electron chi connectivity index (χ1n) is 10.2. The van der Waals surface area contributed by atoms with Crippen molar-refractivity contribution >= 4 is 32.0 Å². The van der Waals surface area contributed by atoms with Crippen molar-refractivity contribution < 1.29 is 0 Å². The Kier molecular flexibility index (Phi) is 7.48. The number of rotatable bonds is 8. The summed E-state index contributed by atoms with van der Waals surface area (Å²) < 4.78 is 4.45. The van der Waals surface area contributed by atoms with E-state index in [0.29, 0.717) is 4.78 Å². The Balaban J connectivity index is 1.84. The van der Waals surface area contributed by atoms with E-state index in [0.717, 1.165) is 12.1 Å². The van der Waals surface area contributed by atoms with Crippen LogP contribution in [0.5, 0.6) is 0 Å². The lowest BCUT2D eigenvalue weighted by Crippen LogP contribution is -2.31. The van der Waals surface area contributed by atoms with Crippen molar-refractivity contribution in [2.45, 2.75) is 37.3 Å². The monoisotopic (exact) mass is 384 g/mol. The molecule has 0 amide bonds. The minimum atomic E-state index is -1.24. The van der Waals surface area contributed by atoms with Crippen LogP contribution in [0, 0.1) is 0 Å². The van der Waals surface area contributed by atoms with Crippen molar-refractivity contribution in [2.75, 3.05) is 4.30 Å². The topological polar surface area (TPSA) is 24.4 Å². The van der Waals surface area contributed by atoms with Crippen molar-refractivity contribution in [3.8, 4) is 0 Å². The van der Waals surface area contributed by atoms with Crippen molar-refractivity contribution in [1.82, 2.24) is 0 Å². The zero-order valence-corrected chi connectivity index (χ0v) is 18.3. The van der Waals surface area contributed by atoms with E-state index in [1.807, 2.05) is 36.5 Å². The molecule has 1 N–H and O–H groups in total. The fraction of sp³-hybridized carbons (Fsp3) is 0.240. The predicted molar refractivity (Wildman–Crippen MR) is 124 cm³/mol. The average Bonchev–Trinajstić information content (AvgIpc) is 2.76. The number of anilines is 1. The highest BCUT2D eigenvalue weighted by atomic mass is 27.2. The van der Waals surface area contributed by atoms with Crippen molar-refractivity contribution in [3.63, 3.8) is 0 Å². The molecule has 2 nitrogen and oxygen atoms in total. The summed E-state index contributed by atoms with van der Waals surface area (Å²) >= 11 is -1.24. The van der Waals surface area contributed by atoms with E-state index in [4.69, 9.17) is 0 Å². The van der Waals surface area contributed by atoms with E-state index in [2.05, 4.69) is 78.6 Å². The Bertz CT molecular complexity index is 905.